The van der Waals surface area contributed by atoms with Crippen LogP contribution in [-0.2, 0) is 16.1 Å². The molecule has 198 valence electrons. The van der Waals surface area contributed by atoms with Crippen molar-refractivity contribution in [2.24, 2.45) is 0 Å². The van der Waals surface area contributed by atoms with Crippen LogP contribution in [0.25, 0.3) is 11.0 Å². The molecule has 0 radical (unpaired) electrons. The van der Waals surface area contributed by atoms with Crippen molar-refractivity contribution in [3.8, 4) is 11.5 Å². The summed E-state index contributed by atoms with van der Waals surface area (Å²) >= 11 is 0. The lowest BCUT2D eigenvalue weighted by Gasteiger charge is -2.35. The SMILES string of the molecule is COc1cccc(C(C(=O)NC(C)(C)C)N(C(=O)Cn2nnc3ccccc32)c2ccccc2C)c1OC. The zero-order valence-corrected chi connectivity index (χ0v) is 22.6. The Kier molecular flexibility index (Phi) is 7.66. The van der Waals surface area contributed by atoms with E-state index in [0.29, 0.717) is 28.3 Å². The first-order valence-corrected chi connectivity index (χ1v) is 12.3. The summed E-state index contributed by atoms with van der Waals surface area (Å²) in [5.74, 6) is 0.137. The highest BCUT2D eigenvalue weighted by atomic mass is 16.5. The molecule has 4 aromatic rings. The van der Waals surface area contributed by atoms with Crippen molar-refractivity contribution >= 4 is 28.5 Å². The van der Waals surface area contributed by atoms with Crippen LogP contribution >= 0.6 is 0 Å². The fraction of sp³-hybridized carbons (Fsp3) is 0.310. The molecule has 0 fully saturated rings. The molecular weight excluding hydrogens is 482 g/mol. The Labute approximate surface area is 222 Å². The number of aryl methyl sites for hydroxylation is 1. The van der Waals surface area contributed by atoms with Gasteiger partial charge >= 0.3 is 0 Å². The third-order valence-electron chi connectivity index (χ3n) is 6.08. The number of hydrogen-bond acceptors (Lipinski definition) is 6. The Balaban J connectivity index is 1.91. The van der Waals surface area contributed by atoms with Crippen molar-refractivity contribution in [2.75, 3.05) is 19.1 Å². The first kappa shape index (κ1) is 26.7. The zero-order chi connectivity index (χ0) is 27.4. The molecule has 0 aliphatic carbocycles. The number of para-hydroxylation sites is 3. The molecule has 4 rings (SSSR count). The summed E-state index contributed by atoms with van der Waals surface area (Å²) in [5.41, 5.74) is 2.78. The van der Waals surface area contributed by atoms with Gasteiger partial charge in [-0.05, 0) is 57.5 Å². The first-order chi connectivity index (χ1) is 18.1. The van der Waals surface area contributed by atoms with Gasteiger partial charge in [-0.25, -0.2) is 4.68 Å². The van der Waals surface area contributed by atoms with Gasteiger partial charge in [-0.1, -0.05) is 47.7 Å². The minimum absolute atomic E-state index is 0.125. The number of aromatic nitrogens is 3. The molecule has 1 unspecified atom stereocenters. The van der Waals surface area contributed by atoms with E-state index in [1.807, 2.05) is 76.2 Å². The maximum atomic E-state index is 14.2. The van der Waals surface area contributed by atoms with Gasteiger partial charge < -0.3 is 14.8 Å². The van der Waals surface area contributed by atoms with Crippen LogP contribution in [0.15, 0.2) is 66.7 Å². The summed E-state index contributed by atoms with van der Waals surface area (Å²) in [6.45, 7) is 7.47. The average Bonchev–Trinajstić information content (AvgIpc) is 3.28. The number of methoxy groups -OCH3 is 2. The van der Waals surface area contributed by atoms with Crippen molar-refractivity contribution < 1.29 is 19.1 Å². The molecule has 9 heteroatoms. The van der Waals surface area contributed by atoms with E-state index in [1.54, 1.807) is 22.9 Å². The Morgan fingerprint density at radius 1 is 0.974 bits per heavy atom. The summed E-state index contributed by atoms with van der Waals surface area (Å²) in [5, 5.41) is 11.4. The third-order valence-corrected chi connectivity index (χ3v) is 6.08. The largest absolute Gasteiger partial charge is 0.493 e. The van der Waals surface area contributed by atoms with Crippen molar-refractivity contribution in [3.63, 3.8) is 0 Å². The molecule has 0 saturated heterocycles. The highest BCUT2D eigenvalue weighted by Gasteiger charge is 2.37. The van der Waals surface area contributed by atoms with Gasteiger partial charge in [0.05, 0.1) is 19.7 Å². The minimum Gasteiger partial charge on any atom is -0.493 e. The Hall–Kier alpha value is -4.40. The number of fused-ring (bicyclic) bond motifs is 1. The van der Waals surface area contributed by atoms with Gasteiger partial charge in [-0.2, -0.15) is 0 Å². The van der Waals surface area contributed by atoms with Crippen molar-refractivity contribution in [1.82, 2.24) is 20.3 Å². The number of nitrogens with zero attached hydrogens (tertiary/aromatic N) is 4. The molecule has 0 bridgehead atoms. The second kappa shape index (κ2) is 10.9. The number of benzene rings is 3. The predicted octanol–water partition coefficient (Wildman–Crippen LogP) is 4.45. The first-order valence-electron chi connectivity index (χ1n) is 12.3. The summed E-state index contributed by atoms with van der Waals surface area (Å²) < 4.78 is 12.8. The van der Waals surface area contributed by atoms with Crippen LogP contribution in [0, 0.1) is 6.92 Å². The number of anilines is 1. The van der Waals surface area contributed by atoms with E-state index in [2.05, 4.69) is 15.6 Å². The highest BCUT2D eigenvalue weighted by Crippen LogP contribution is 2.40. The molecule has 0 spiro atoms. The molecule has 38 heavy (non-hydrogen) atoms. The highest BCUT2D eigenvalue weighted by molar-refractivity contribution is 6.02. The van der Waals surface area contributed by atoms with E-state index < -0.39 is 11.6 Å². The van der Waals surface area contributed by atoms with E-state index in [-0.39, 0.29) is 18.4 Å². The van der Waals surface area contributed by atoms with Gasteiger partial charge in [0.2, 0.25) is 11.8 Å². The minimum atomic E-state index is -1.07. The van der Waals surface area contributed by atoms with Gasteiger partial charge in [0, 0.05) is 16.8 Å². The Bertz CT molecular complexity index is 1460. The van der Waals surface area contributed by atoms with Gasteiger partial charge in [0.25, 0.3) is 0 Å². The smallest absolute Gasteiger partial charge is 0.249 e. The van der Waals surface area contributed by atoms with E-state index >= 15 is 0 Å². The lowest BCUT2D eigenvalue weighted by molar-refractivity contribution is -0.128. The summed E-state index contributed by atoms with van der Waals surface area (Å²) in [6.07, 6.45) is 0. The summed E-state index contributed by atoms with van der Waals surface area (Å²) in [7, 11) is 3.05. The summed E-state index contributed by atoms with van der Waals surface area (Å²) in [6, 6.07) is 19.1. The number of carbonyl (C=O) groups is 2. The van der Waals surface area contributed by atoms with Gasteiger partial charge in [0.15, 0.2) is 11.5 Å². The van der Waals surface area contributed by atoms with Gasteiger partial charge in [-0.15, -0.1) is 5.10 Å². The lowest BCUT2D eigenvalue weighted by atomic mass is 9.98. The molecule has 1 heterocycles. The van der Waals surface area contributed by atoms with Crippen LogP contribution in [0.5, 0.6) is 11.5 Å². The van der Waals surface area contributed by atoms with Crippen molar-refractivity contribution in [2.45, 2.75) is 45.8 Å². The summed E-state index contributed by atoms with van der Waals surface area (Å²) in [4.78, 5) is 29.8. The van der Waals surface area contributed by atoms with Crippen LogP contribution in [-0.4, -0.2) is 46.6 Å². The molecular formula is C29H33N5O4. The molecule has 9 nitrogen and oxygen atoms in total. The standard InChI is InChI=1S/C29H33N5O4/c1-19-12-7-9-15-22(19)34(25(35)18-33-23-16-10-8-14-21(23)31-32-33)26(28(36)30-29(2,3)4)20-13-11-17-24(37-5)27(20)38-6/h7-17,26H,18H2,1-6H3,(H,30,36). The molecule has 0 aliphatic rings. The van der Waals surface area contributed by atoms with E-state index in [4.69, 9.17) is 9.47 Å². The molecule has 1 N–H and O–H groups in total. The van der Waals surface area contributed by atoms with Crippen LogP contribution in [0.4, 0.5) is 5.69 Å². The quantitative estimate of drug-likeness (QED) is 0.372. The van der Waals surface area contributed by atoms with E-state index in [0.717, 1.165) is 11.1 Å². The number of ether oxygens (including phenoxy) is 2. The average molecular weight is 516 g/mol. The Morgan fingerprint density at radius 2 is 1.68 bits per heavy atom. The Morgan fingerprint density at radius 3 is 2.37 bits per heavy atom. The van der Waals surface area contributed by atoms with Crippen LogP contribution < -0.4 is 19.7 Å². The van der Waals surface area contributed by atoms with Crippen LogP contribution in [0.1, 0.15) is 37.9 Å². The molecule has 2 amide bonds. The maximum Gasteiger partial charge on any atom is 0.249 e. The topological polar surface area (TPSA) is 98.6 Å². The monoisotopic (exact) mass is 515 g/mol. The van der Waals surface area contributed by atoms with E-state index in [9.17, 15) is 9.59 Å². The van der Waals surface area contributed by atoms with Crippen LogP contribution in [0.2, 0.25) is 0 Å². The van der Waals surface area contributed by atoms with Gasteiger partial charge in [-0.3, -0.25) is 14.5 Å². The molecule has 3 aromatic carbocycles. The molecule has 0 saturated carbocycles. The fourth-order valence-electron chi connectivity index (χ4n) is 4.45. The lowest BCUT2D eigenvalue weighted by Crippen LogP contribution is -2.50. The second-order valence-corrected chi connectivity index (χ2v) is 10.0. The zero-order valence-electron chi connectivity index (χ0n) is 22.6. The van der Waals surface area contributed by atoms with E-state index in [1.165, 1.54) is 19.1 Å². The fourth-order valence-corrected chi connectivity index (χ4v) is 4.45. The molecule has 0 aliphatic heterocycles. The number of amides is 2. The molecule has 1 atom stereocenters. The maximum absolute atomic E-state index is 14.2. The van der Waals surface area contributed by atoms with Crippen molar-refractivity contribution in [3.05, 3.63) is 77.9 Å². The predicted molar refractivity (Wildman–Crippen MR) is 146 cm³/mol. The number of rotatable bonds is 8. The normalized spacial score (nSPS) is 12.2. The number of hydrogen-bond donors (Lipinski definition) is 1. The van der Waals surface area contributed by atoms with Crippen molar-refractivity contribution in [1.29, 1.82) is 0 Å². The van der Waals surface area contributed by atoms with Gasteiger partial charge in [0.1, 0.15) is 18.1 Å². The third kappa shape index (κ3) is 5.46. The number of carbonyl (C=O) groups excluding carboxylic acids is 2. The molecule has 1 aromatic heterocycles. The second-order valence-electron chi connectivity index (χ2n) is 10.0. The van der Waals surface area contributed by atoms with Crippen LogP contribution in [0.3, 0.4) is 0 Å². The number of nitrogens with one attached hydrogen (secondary N) is 1.